The van der Waals surface area contributed by atoms with E-state index in [9.17, 15) is 4.79 Å². The molecule has 2 heteroatoms. The first-order chi connectivity index (χ1) is 5.93. The van der Waals surface area contributed by atoms with Crippen molar-refractivity contribution in [2.45, 2.75) is 50.2 Å². The van der Waals surface area contributed by atoms with Gasteiger partial charge in [0, 0.05) is 0 Å². The van der Waals surface area contributed by atoms with Crippen molar-refractivity contribution in [3.8, 4) is 0 Å². The van der Waals surface area contributed by atoms with Crippen LogP contribution in [0.3, 0.4) is 0 Å². The Hall–Kier alpha value is 0.0200. The van der Waals surface area contributed by atoms with Gasteiger partial charge in [-0.15, -0.1) is 0 Å². The highest BCUT2D eigenvalue weighted by molar-refractivity contribution is 8.00. The third kappa shape index (κ3) is 4.15. The highest BCUT2D eigenvalue weighted by atomic mass is 32.2. The van der Waals surface area contributed by atoms with E-state index in [0.29, 0.717) is 5.25 Å². The van der Waals surface area contributed by atoms with E-state index in [-0.39, 0.29) is 0 Å². The van der Waals surface area contributed by atoms with Crippen molar-refractivity contribution in [1.82, 2.24) is 0 Å². The maximum Gasteiger partial charge on any atom is 0.132 e. The molecule has 1 atom stereocenters. The van der Waals surface area contributed by atoms with E-state index in [0.717, 1.165) is 12.7 Å². The molecule has 1 aliphatic heterocycles. The maximum atomic E-state index is 10.6. The minimum Gasteiger partial charge on any atom is -0.302 e. The van der Waals surface area contributed by atoms with Gasteiger partial charge in [-0.05, 0) is 18.6 Å². The number of hydrogen-bond acceptors (Lipinski definition) is 2. The van der Waals surface area contributed by atoms with Gasteiger partial charge >= 0.3 is 0 Å². The molecule has 0 aromatic heterocycles. The summed E-state index contributed by atoms with van der Waals surface area (Å²) in [5, 5.41) is 0.295. The van der Waals surface area contributed by atoms with Gasteiger partial charge in [0.2, 0.25) is 0 Å². The first kappa shape index (κ1) is 10.1. The molecule has 1 unspecified atom stereocenters. The van der Waals surface area contributed by atoms with Crippen molar-refractivity contribution in [2.24, 2.45) is 0 Å². The predicted molar refractivity (Wildman–Crippen MR) is 54.6 cm³/mol. The highest BCUT2D eigenvalue weighted by Crippen LogP contribution is 2.21. The molecule has 1 nitrogen and oxygen atoms in total. The second kappa shape index (κ2) is 6.53. The first-order valence-corrected chi connectivity index (χ1v) is 6.05. The normalized spacial score (nSPS) is 27.8. The van der Waals surface area contributed by atoms with Gasteiger partial charge in [-0.1, -0.05) is 32.1 Å². The van der Waals surface area contributed by atoms with Crippen LogP contribution in [0, 0.1) is 0 Å². The van der Waals surface area contributed by atoms with Crippen molar-refractivity contribution in [1.29, 1.82) is 0 Å². The number of rotatable bonds is 1. The summed E-state index contributed by atoms with van der Waals surface area (Å²) in [6.07, 6.45) is 10.2. The van der Waals surface area contributed by atoms with Crippen LogP contribution in [0.1, 0.15) is 44.9 Å². The van der Waals surface area contributed by atoms with Crippen LogP contribution in [-0.2, 0) is 4.79 Å². The molecule has 0 aromatic rings. The molecular formula is C10H18OS. The Morgan fingerprint density at radius 2 is 1.67 bits per heavy atom. The summed E-state index contributed by atoms with van der Waals surface area (Å²) in [4.78, 5) is 10.6. The lowest BCUT2D eigenvalue weighted by Crippen LogP contribution is -2.06. The number of thioether (sulfide) groups is 1. The standard InChI is InChI=1S/C10H18OS/c11-9-10-7-5-3-1-2-4-6-8-12-10/h9-10H,1-8H2. The highest BCUT2D eigenvalue weighted by Gasteiger charge is 2.08. The van der Waals surface area contributed by atoms with Gasteiger partial charge in [0.05, 0.1) is 5.25 Å². The molecule has 1 rings (SSSR count). The summed E-state index contributed by atoms with van der Waals surface area (Å²) in [5.74, 6) is 1.18. The zero-order valence-electron chi connectivity index (χ0n) is 7.63. The lowest BCUT2D eigenvalue weighted by molar-refractivity contribution is -0.107. The molecule has 0 amide bonds. The van der Waals surface area contributed by atoms with Gasteiger partial charge in [-0.25, -0.2) is 0 Å². The summed E-state index contributed by atoms with van der Waals surface area (Å²) < 4.78 is 0. The minimum absolute atomic E-state index is 0.295. The average Bonchev–Trinajstić information content (AvgIpc) is 2.14. The largest absolute Gasteiger partial charge is 0.302 e. The van der Waals surface area contributed by atoms with Crippen LogP contribution in [-0.4, -0.2) is 17.3 Å². The first-order valence-electron chi connectivity index (χ1n) is 5.00. The molecule has 0 saturated carbocycles. The molecule has 0 spiro atoms. The zero-order valence-corrected chi connectivity index (χ0v) is 8.44. The molecule has 1 aliphatic rings. The Morgan fingerprint density at radius 1 is 1.00 bits per heavy atom. The lowest BCUT2D eigenvalue weighted by atomic mass is 10.1. The summed E-state index contributed by atoms with van der Waals surface area (Å²) in [6, 6.07) is 0. The fourth-order valence-electron chi connectivity index (χ4n) is 1.58. The van der Waals surface area contributed by atoms with Crippen LogP contribution in [0.25, 0.3) is 0 Å². The molecule has 1 fully saturated rings. The van der Waals surface area contributed by atoms with Crippen molar-refractivity contribution < 1.29 is 4.79 Å². The zero-order chi connectivity index (χ0) is 8.65. The summed E-state index contributed by atoms with van der Waals surface area (Å²) in [5.41, 5.74) is 0. The number of hydrogen-bond donors (Lipinski definition) is 0. The van der Waals surface area contributed by atoms with Crippen LogP contribution in [0.4, 0.5) is 0 Å². The molecule has 0 N–H and O–H groups in total. The Morgan fingerprint density at radius 3 is 2.42 bits per heavy atom. The van der Waals surface area contributed by atoms with Gasteiger partial charge < -0.3 is 4.79 Å². The van der Waals surface area contributed by atoms with Gasteiger partial charge in [0.1, 0.15) is 6.29 Å². The Balaban J connectivity index is 2.21. The van der Waals surface area contributed by atoms with E-state index < -0.39 is 0 Å². The van der Waals surface area contributed by atoms with Crippen molar-refractivity contribution >= 4 is 18.0 Å². The topological polar surface area (TPSA) is 17.1 Å². The van der Waals surface area contributed by atoms with Crippen LogP contribution in [0.2, 0.25) is 0 Å². The van der Waals surface area contributed by atoms with Crippen LogP contribution >= 0.6 is 11.8 Å². The van der Waals surface area contributed by atoms with Crippen LogP contribution in [0.5, 0.6) is 0 Å². The maximum absolute atomic E-state index is 10.6. The molecule has 70 valence electrons. The summed E-state index contributed by atoms with van der Waals surface area (Å²) in [7, 11) is 0. The summed E-state index contributed by atoms with van der Waals surface area (Å²) >= 11 is 1.85. The third-order valence-electron chi connectivity index (χ3n) is 2.37. The minimum atomic E-state index is 0.295. The van der Waals surface area contributed by atoms with Gasteiger partial charge in [-0.2, -0.15) is 11.8 Å². The van der Waals surface area contributed by atoms with E-state index in [4.69, 9.17) is 0 Å². The van der Waals surface area contributed by atoms with Crippen LogP contribution < -0.4 is 0 Å². The van der Waals surface area contributed by atoms with Crippen molar-refractivity contribution in [3.63, 3.8) is 0 Å². The van der Waals surface area contributed by atoms with Crippen molar-refractivity contribution in [3.05, 3.63) is 0 Å². The number of aldehydes is 1. The van der Waals surface area contributed by atoms with Gasteiger partial charge in [0.25, 0.3) is 0 Å². The smallest absolute Gasteiger partial charge is 0.132 e. The molecule has 0 aromatic carbocycles. The Bertz CT molecular complexity index is 115. The lowest BCUT2D eigenvalue weighted by Gasteiger charge is -2.11. The second-order valence-corrected chi connectivity index (χ2v) is 4.80. The second-order valence-electron chi connectivity index (χ2n) is 3.46. The molecule has 12 heavy (non-hydrogen) atoms. The van der Waals surface area contributed by atoms with Crippen molar-refractivity contribution in [2.75, 3.05) is 5.75 Å². The van der Waals surface area contributed by atoms with E-state index in [1.54, 1.807) is 0 Å². The van der Waals surface area contributed by atoms with E-state index >= 15 is 0 Å². The Kier molecular flexibility index (Phi) is 5.50. The Labute approximate surface area is 79.3 Å². The molecule has 0 bridgehead atoms. The molecule has 0 aliphatic carbocycles. The van der Waals surface area contributed by atoms with E-state index in [2.05, 4.69) is 0 Å². The van der Waals surface area contributed by atoms with E-state index in [1.165, 1.54) is 44.3 Å². The third-order valence-corrected chi connectivity index (χ3v) is 3.67. The monoisotopic (exact) mass is 186 g/mol. The molecule has 1 heterocycles. The fraction of sp³-hybridized carbons (Fsp3) is 0.900. The molecule has 1 saturated heterocycles. The fourth-order valence-corrected chi connectivity index (χ4v) is 2.67. The van der Waals surface area contributed by atoms with Gasteiger partial charge in [-0.3, -0.25) is 0 Å². The molecular weight excluding hydrogens is 168 g/mol. The van der Waals surface area contributed by atoms with Crippen LogP contribution in [0.15, 0.2) is 0 Å². The number of carbonyl (C=O) groups excluding carboxylic acids is 1. The average molecular weight is 186 g/mol. The quantitative estimate of drug-likeness (QED) is 0.585. The summed E-state index contributed by atoms with van der Waals surface area (Å²) in [6.45, 7) is 0. The van der Waals surface area contributed by atoms with E-state index in [1.807, 2.05) is 11.8 Å². The predicted octanol–water partition coefficient (Wildman–Crippen LogP) is 3.03. The molecule has 0 radical (unpaired) electrons. The number of carbonyl (C=O) groups is 1. The SMILES string of the molecule is O=CC1CCCCCCCCS1. The van der Waals surface area contributed by atoms with Gasteiger partial charge in [0.15, 0.2) is 0 Å².